The molecule has 20 heavy (non-hydrogen) atoms. The summed E-state index contributed by atoms with van der Waals surface area (Å²) in [4.78, 5) is 0. The monoisotopic (exact) mass is 282 g/mol. The second kappa shape index (κ2) is 12.4. The van der Waals surface area contributed by atoms with Crippen LogP contribution in [0.4, 0.5) is 0 Å². The number of epoxide rings is 1. The van der Waals surface area contributed by atoms with E-state index in [0.29, 0.717) is 0 Å². The van der Waals surface area contributed by atoms with Crippen LogP contribution in [0.25, 0.3) is 0 Å². The van der Waals surface area contributed by atoms with Gasteiger partial charge in [-0.25, -0.2) is 0 Å². The van der Waals surface area contributed by atoms with Crippen molar-refractivity contribution in [2.45, 2.75) is 96.2 Å². The number of ether oxygens (including phenoxy) is 1. The van der Waals surface area contributed by atoms with Gasteiger partial charge < -0.3 is 9.84 Å². The second-order valence-corrected chi connectivity index (χ2v) is 6.11. The summed E-state index contributed by atoms with van der Waals surface area (Å²) in [6.07, 6.45) is 20.1. The molecule has 1 N–H and O–H groups in total. The summed E-state index contributed by atoms with van der Waals surface area (Å²) < 4.78 is 5.03. The molecular weight excluding hydrogens is 248 g/mol. The van der Waals surface area contributed by atoms with Crippen molar-refractivity contribution in [3.05, 3.63) is 12.2 Å². The van der Waals surface area contributed by atoms with E-state index >= 15 is 0 Å². The Hall–Kier alpha value is -0.340. The van der Waals surface area contributed by atoms with Gasteiger partial charge in [-0.15, -0.1) is 0 Å². The fourth-order valence-electron chi connectivity index (χ4n) is 2.54. The summed E-state index contributed by atoms with van der Waals surface area (Å²) in [6, 6.07) is 0. The minimum atomic E-state index is -0.372. The van der Waals surface area contributed by atoms with Crippen LogP contribution in [-0.4, -0.2) is 23.9 Å². The van der Waals surface area contributed by atoms with E-state index in [1.165, 1.54) is 70.6 Å². The molecule has 0 bridgehead atoms. The van der Waals surface area contributed by atoms with Crippen molar-refractivity contribution in [2.75, 3.05) is 6.61 Å². The van der Waals surface area contributed by atoms with E-state index in [1.807, 2.05) is 6.08 Å². The molecule has 2 nitrogen and oxygen atoms in total. The van der Waals surface area contributed by atoms with Gasteiger partial charge in [0.05, 0.1) is 6.61 Å². The predicted molar refractivity (Wildman–Crippen MR) is 86.0 cm³/mol. The van der Waals surface area contributed by atoms with Crippen molar-refractivity contribution in [2.24, 2.45) is 0 Å². The fraction of sp³-hybridized carbons (Fsp3) is 0.889. The standard InChI is InChI=1S/C18H34O2/c1-2-3-4-5-6-7-8-9-10-11-12-13-14-15-17(19)18-16-20-18/h14-15,17-19H,2-13,16H2,1H3/b15-14+/t17-,18-/m1/s1. The number of aliphatic hydroxyl groups excluding tert-OH is 1. The zero-order valence-corrected chi connectivity index (χ0v) is 13.4. The lowest BCUT2D eigenvalue weighted by Gasteiger charge is -2.02. The van der Waals surface area contributed by atoms with Gasteiger partial charge in [0.2, 0.25) is 0 Å². The predicted octanol–water partition coefficient (Wildman–Crippen LogP) is 5.00. The first-order valence-electron chi connectivity index (χ1n) is 8.81. The highest BCUT2D eigenvalue weighted by Gasteiger charge is 2.28. The first kappa shape index (κ1) is 17.7. The number of allylic oxidation sites excluding steroid dienone is 1. The van der Waals surface area contributed by atoms with Crippen molar-refractivity contribution >= 4 is 0 Å². The Morgan fingerprint density at radius 3 is 1.95 bits per heavy atom. The molecule has 1 rings (SSSR count). The fourth-order valence-corrected chi connectivity index (χ4v) is 2.54. The average Bonchev–Trinajstić information content (AvgIpc) is 3.28. The third-order valence-corrected chi connectivity index (χ3v) is 4.05. The van der Waals surface area contributed by atoms with E-state index in [4.69, 9.17) is 4.74 Å². The van der Waals surface area contributed by atoms with E-state index in [-0.39, 0.29) is 12.2 Å². The molecule has 0 radical (unpaired) electrons. The molecule has 1 saturated heterocycles. The van der Waals surface area contributed by atoms with Gasteiger partial charge in [-0.3, -0.25) is 0 Å². The van der Waals surface area contributed by atoms with Crippen molar-refractivity contribution in [3.8, 4) is 0 Å². The maximum absolute atomic E-state index is 9.55. The quantitative estimate of drug-likeness (QED) is 0.276. The lowest BCUT2D eigenvalue weighted by molar-refractivity contribution is 0.177. The van der Waals surface area contributed by atoms with Gasteiger partial charge in [0.1, 0.15) is 12.2 Å². The number of hydrogen-bond donors (Lipinski definition) is 1. The molecule has 1 fully saturated rings. The van der Waals surface area contributed by atoms with Crippen molar-refractivity contribution in [1.82, 2.24) is 0 Å². The highest BCUT2D eigenvalue weighted by Crippen LogP contribution is 2.15. The summed E-state index contributed by atoms with van der Waals surface area (Å²) in [7, 11) is 0. The zero-order chi connectivity index (χ0) is 14.5. The summed E-state index contributed by atoms with van der Waals surface area (Å²) in [5.41, 5.74) is 0. The SMILES string of the molecule is CCCCCCCCCCCCC/C=C/[C@@H](O)[C@H]1CO1. The molecule has 0 unspecified atom stereocenters. The number of rotatable bonds is 14. The van der Waals surface area contributed by atoms with E-state index in [0.717, 1.165) is 13.0 Å². The Bertz CT molecular complexity index is 234. The molecule has 0 aliphatic carbocycles. The summed E-state index contributed by atoms with van der Waals surface area (Å²) in [5.74, 6) is 0. The molecule has 2 atom stereocenters. The van der Waals surface area contributed by atoms with Crippen LogP contribution in [0.5, 0.6) is 0 Å². The van der Waals surface area contributed by atoms with E-state index < -0.39 is 0 Å². The van der Waals surface area contributed by atoms with Crippen molar-refractivity contribution < 1.29 is 9.84 Å². The molecule has 0 saturated carbocycles. The number of unbranched alkanes of at least 4 members (excludes halogenated alkanes) is 11. The maximum atomic E-state index is 9.55. The summed E-state index contributed by atoms with van der Waals surface area (Å²) >= 11 is 0. The molecule has 1 heterocycles. The molecule has 0 spiro atoms. The molecule has 0 aromatic rings. The highest BCUT2D eigenvalue weighted by atomic mass is 16.6. The Morgan fingerprint density at radius 2 is 1.45 bits per heavy atom. The summed E-state index contributed by atoms with van der Waals surface area (Å²) in [5, 5.41) is 9.55. The van der Waals surface area contributed by atoms with Crippen LogP contribution in [0.3, 0.4) is 0 Å². The maximum Gasteiger partial charge on any atom is 0.110 e. The van der Waals surface area contributed by atoms with Gasteiger partial charge in [-0.2, -0.15) is 0 Å². The summed E-state index contributed by atoms with van der Waals surface area (Å²) in [6.45, 7) is 3.00. The van der Waals surface area contributed by atoms with Crippen LogP contribution in [0.1, 0.15) is 84.0 Å². The molecule has 0 aromatic heterocycles. The molecule has 1 aliphatic heterocycles. The normalized spacial score (nSPS) is 19.6. The van der Waals surface area contributed by atoms with Crippen molar-refractivity contribution in [1.29, 1.82) is 0 Å². The molecule has 2 heteroatoms. The van der Waals surface area contributed by atoms with Gasteiger partial charge in [0, 0.05) is 0 Å². The molecule has 118 valence electrons. The van der Waals surface area contributed by atoms with Crippen LogP contribution in [0, 0.1) is 0 Å². The van der Waals surface area contributed by atoms with Crippen LogP contribution in [0.15, 0.2) is 12.2 Å². The Balaban J connectivity index is 1.72. The Morgan fingerprint density at radius 1 is 0.950 bits per heavy atom. The first-order chi connectivity index (χ1) is 9.84. The lowest BCUT2D eigenvalue weighted by atomic mass is 10.1. The van der Waals surface area contributed by atoms with Crippen LogP contribution in [0.2, 0.25) is 0 Å². The molecule has 1 aliphatic rings. The minimum Gasteiger partial charge on any atom is -0.386 e. The van der Waals surface area contributed by atoms with Gasteiger partial charge in [-0.1, -0.05) is 83.3 Å². The smallest absolute Gasteiger partial charge is 0.110 e. The molecular formula is C18H34O2. The van der Waals surface area contributed by atoms with E-state index in [1.54, 1.807) is 0 Å². The van der Waals surface area contributed by atoms with Crippen LogP contribution < -0.4 is 0 Å². The largest absolute Gasteiger partial charge is 0.386 e. The molecule has 0 aromatic carbocycles. The number of hydrogen-bond acceptors (Lipinski definition) is 2. The topological polar surface area (TPSA) is 32.8 Å². The zero-order valence-electron chi connectivity index (χ0n) is 13.4. The third-order valence-electron chi connectivity index (χ3n) is 4.05. The minimum absolute atomic E-state index is 0.0866. The van der Waals surface area contributed by atoms with E-state index in [9.17, 15) is 5.11 Å². The molecule has 0 amide bonds. The number of aliphatic hydroxyl groups is 1. The van der Waals surface area contributed by atoms with Gasteiger partial charge in [0.15, 0.2) is 0 Å². The third kappa shape index (κ3) is 10.4. The first-order valence-corrected chi connectivity index (χ1v) is 8.81. The van der Waals surface area contributed by atoms with Gasteiger partial charge in [0.25, 0.3) is 0 Å². The van der Waals surface area contributed by atoms with Crippen LogP contribution in [-0.2, 0) is 4.74 Å². The lowest BCUT2D eigenvalue weighted by Crippen LogP contribution is -2.10. The van der Waals surface area contributed by atoms with Gasteiger partial charge in [-0.05, 0) is 12.8 Å². The Labute approximate surface area is 125 Å². The highest BCUT2D eigenvalue weighted by molar-refractivity contribution is 4.96. The van der Waals surface area contributed by atoms with E-state index in [2.05, 4.69) is 13.0 Å². The second-order valence-electron chi connectivity index (χ2n) is 6.11. The Kier molecular flexibility index (Phi) is 11.0. The van der Waals surface area contributed by atoms with Gasteiger partial charge >= 0.3 is 0 Å². The average molecular weight is 282 g/mol. The van der Waals surface area contributed by atoms with Crippen molar-refractivity contribution in [3.63, 3.8) is 0 Å². The van der Waals surface area contributed by atoms with Crippen LogP contribution >= 0.6 is 0 Å².